The van der Waals surface area contributed by atoms with Crippen molar-refractivity contribution in [2.24, 2.45) is 0 Å². The average Bonchev–Trinajstić information content (AvgIpc) is 3.09. The molecule has 7 nitrogen and oxygen atoms in total. The van der Waals surface area contributed by atoms with E-state index < -0.39 is 12.1 Å². The highest BCUT2D eigenvalue weighted by Gasteiger charge is 2.22. The van der Waals surface area contributed by atoms with Crippen molar-refractivity contribution in [3.63, 3.8) is 0 Å². The van der Waals surface area contributed by atoms with Crippen molar-refractivity contribution in [2.75, 3.05) is 13.6 Å². The fraction of sp³-hybridized carbons (Fsp3) is 0.368. The SMILES string of the molecule is Cc1nc(COc2ccc(C(=O)O[C@@H](C)C(=O)N(C)CCC#N)cc2)cs1. The molecule has 0 aliphatic heterocycles. The average molecular weight is 387 g/mol. The van der Waals surface area contributed by atoms with Crippen LogP contribution in [0.4, 0.5) is 0 Å². The Morgan fingerprint density at radius 3 is 2.63 bits per heavy atom. The van der Waals surface area contributed by atoms with Gasteiger partial charge >= 0.3 is 5.97 Å². The van der Waals surface area contributed by atoms with E-state index in [0.717, 1.165) is 10.7 Å². The number of likely N-dealkylation sites (N-methyl/N-ethyl adjacent to an activating group) is 1. The fourth-order valence-corrected chi connectivity index (χ4v) is 2.83. The van der Waals surface area contributed by atoms with Gasteiger partial charge in [0, 0.05) is 19.0 Å². The summed E-state index contributed by atoms with van der Waals surface area (Å²) < 4.78 is 10.8. The number of ether oxygens (including phenoxy) is 2. The maximum absolute atomic E-state index is 12.2. The second-order valence-electron chi connectivity index (χ2n) is 5.89. The number of amides is 1. The Kier molecular flexibility index (Phi) is 7.32. The minimum absolute atomic E-state index is 0.227. The number of aromatic nitrogens is 1. The van der Waals surface area contributed by atoms with Crippen molar-refractivity contribution in [1.82, 2.24) is 9.88 Å². The molecule has 1 aromatic carbocycles. The van der Waals surface area contributed by atoms with Crippen LogP contribution >= 0.6 is 11.3 Å². The number of nitriles is 1. The predicted molar refractivity (Wildman–Crippen MR) is 100 cm³/mol. The molecule has 2 rings (SSSR count). The third-order valence-electron chi connectivity index (χ3n) is 3.71. The van der Waals surface area contributed by atoms with E-state index in [1.807, 2.05) is 18.4 Å². The molecule has 8 heteroatoms. The molecule has 0 aliphatic carbocycles. The Labute approximate surface area is 162 Å². The first kappa shape index (κ1) is 20.4. The van der Waals surface area contributed by atoms with Gasteiger partial charge in [0.2, 0.25) is 0 Å². The van der Waals surface area contributed by atoms with Gasteiger partial charge in [-0.25, -0.2) is 9.78 Å². The molecule has 1 atom stereocenters. The fourth-order valence-electron chi connectivity index (χ4n) is 2.24. The molecule has 142 valence electrons. The van der Waals surface area contributed by atoms with Crippen LogP contribution in [0.15, 0.2) is 29.6 Å². The zero-order chi connectivity index (χ0) is 19.8. The van der Waals surface area contributed by atoms with E-state index >= 15 is 0 Å². The summed E-state index contributed by atoms with van der Waals surface area (Å²) in [5.41, 5.74) is 1.18. The Bertz CT molecular complexity index is 826. The zero-order valence-corrected chi connectivity index (χ0v) is 16.3. The highest BCUT2D eigenvalue weighted by molar-refractivity contribution is 7.09. The highest BCUT2D eigenvalue weighted by atomic mass is 32.1. The first-order valence-electron chi connectivity index (χ1n) is 8.37. The lowest BCUT2D eigenvalue weighted by molar-refractivity contribution is -0.138. The van der Waals surface area contributed by atoms with Crippen LogP contribution < -0.4 is 4.74 Å². The second-order valence-corrected chi connectivity index (χ2v) is 6.95. The van der Waals surface area contributed by atoms with Gasteiger partial charge in [-0.3, -0.25) is 4.79 Å². The van der Waals surface area contributed by atoms with Crippen LogP contribution in [0.1, 0.15) is 34.4 Å². The third kappa shape index (κ3) is 6.08. The number of carbonyl (C=O) groups excluding carboxylic acids is 2. The van der Waals surface area contributed by atoms with E-state index in [9.17, 15) is 9.59 Å². The molecule has 0 bridgehead atoms. The summed E-state index contributed by atoms with van der Waals surface area (Å²) in [6, 6.07) is 8.47. The second kappa shape index (κ2) is 9.69. The number of benzene rings is 1. The molecular weight excluding hydrogens is 366 g/mol. The molecule has 27 heavy (non-hydrogen) atoms. The molecule has 0 N–H and O–H groups in total. The molecule has 1 amide bonds. The maximum Gasteiger partial charge on any atom is 0.338 e. The van der Waals surface area contributed by atoms with E-state index in [2.05, 4.69) is 4.98 Å². The van der Waals surface area contributed by atoms with Crippen LogP contribution in [0, 0.1) is 18.3 Å². The molecule has 1 aromatic heterocycles. The van der Waals surface area contributed by atoms with Gasteiger partial charge in [0.05, 0.1) is 28.8 Å². The summed E-state index contributed by atoms with van der Waals surface area (Å²) in [6.45, 7) is 4.09. The summed E-state index contributed by atoms with van der Waals surface area (Å²) in [4.78, 5) is 30.0. The van der Waals surface area contributed by atoms with Crippen LogP contribution in [0.2, 0.25) is 0 Å². The smallest absolute Gasteiger partial charge is 0.338 e. The number of aryl methyl sites for hydroxylation is 1. The van der Waals surface area contributed by atoms with Gasteiger partial charge in [0.15, 0.2) is 6.10 Å². The normalized spacial score (nSPS) is 11.3. The van der Waals surface area contributed by atoms with Crippen molar-refractivity contribution in [3.05, 3.63) is 45.9 Å². The van der Waals surface area contributed by atoms with Crippen molar-refractivity contribution < 1.29 is 19.1 Å². The zero-order valence-electron chi connectivity index (χ0n) is 15.5. The van der Waals surface area contributed by atoms with Crippen molar-refractivity contribution in [2.45, 2.75) is 33.0 Å². The van der Waals surface area contributed by atoms with Crippen LogP contribution in [0.3, 0.4) is 0 Å². The summed E-state index contributed by atoms with van der Waals surface area (Å²) in [7, 11) is 1.57. The third-order valence-corrected chi connectivity index (χ3v) is 4.53. The van der Waals surface area contributed by atoms with E-state index in [1.54, 1.807) is 42.6 Å². The molecule has 0 aliphatic rings. The Hall–Kier alpha value is -2.92. The quantitative estimate of drug-likeness (QED) is 0.647. The Balaban J connectivity index is 1.87. The molecule has 1 heterocycles. The molecule has 0 radical (unpaired) electrons. The number of esters is 1. The lowest BCUT2D eigenvalue weighted by Crippen LogP contribution is -2.37. The van der Waals surface area contributed by atoms with Gasteiger partial charge in [0.1, 0.15) is 12.4 Å². The highest BCUT2D eigenvalue weighted by Crippen LogP contribution is 2.16. The Morgan fingerprint density at radius 1 is 1.33 bits per heavy atom. The van der Waals surface area contributed by atoms with Gasteiger partial charge < -0.3 is 14.4 Å². The molecule has 0 saturated heterocycles. The number of rotatable bonds is 8. The van der Waals surface area contributed by atoms with Gasteiger partial charge in [-0.15, -0.1) is 11.3 Å². The van der Waals surface area contributed by atoms with Crippen LogP contribution in [0.25, 0.3) is 0 Å². The van der Waals surface area contributed by atoms with Gasteiger partial charge in [-0.1, -0.05) is 0 Å². The topological polar surface area (TPSA) is 92.5 Å². The van der Waals surface area contributed by atoms with E-state index in [-0.39, 0.29) is 12.3 Å². The molecule has 0 spiro atoms. The van der Waals surface area contributed by atoms with Gasteiger partial charge in [-0.05, 0) is 38.1 Å². The number of hydrogen-bond acceptors (Lipinski definition) is 7. The largest absolute Gasteiger partial charge is 0.487 e. The minimum Gasteiger partial charge on any atom is -0.487 e. The van der Waals surface area contributed by atoms with E-state index in [0.29, 0.717) is 24.5 Å². The monoisotopic (exact) mass is 387 g/mol. The predicted octanol–water partition coefficient (Wildman–Crippen LogP) is 2.95. The summed E-state index contributed by atoms with van der Waals surface area (Å²) >= 11 is 1.56. The van der Waals surface area contributed by atoms with Crippen molar-refractivity contribution >= 4 is 23.2 Å². The lowest BCUT2D eigenvalue weighted by atomic mass is 10.2. The standard InChI is InChI=1S/C19H21N3O4S/c1-13(18(23)22(3)10-4-9-20)26-19(24)15-5-7-17(8-6-15)25-11-16-12-27-14(2)21-16/h5-8,12-13H,4,10-11H2,1-3H3/t13-/m0/s1. The lowest BCUT2D eigenvalue weighted by Gasteiger charge is -2.20. The minimum atomic E-state index is -0.926. The van der Waals surface area contributed by atoms with Crippen LogP contribution in [0.5, 0.6) is 5.75 Å². The van der Waals surface area contributed by atoms with E-state index in [4.69, 9.17) is 14.7 Å². The van der Waals surface area contributed by atoms with E-state index in [1.165, 1.54) is 11.8 Å². The van der Waals surface area contributed by atoms with Gasteiger partial charge in [-0.2, -0.15) is 5.26 Å². The molecule has 0 saturated carbocycles. The first-order valence-corrected chi connectivity index (χ1v) is 9.25. The Morgan fingerprint density at radius 2 is 2.04 bits per heavy atom. The molecule has 0 fully saturated rings. The first-order chi connectivity index (χ1) is 12.9. The number of carbonyl (C=O) groups is 2. The van der Waals surface area contributed by atoms with Crippen LogP contribution in [-0.4, -0.2) is 41.5 Å². The van der Waals surface area contributed by atoms with Crippen molar-refractivity contribution in [1.29, 1.82) is 5.26 Å². The summed E-state index contributed by atoms with van der Waals surface area (Å²) in [5.74, 6) is -0.333. The molecule has 0 unspecified atom stereocenters. The van der Waals surface area contributed by atoms with Crippen LogP contribution in [-0.2, 0) is 16.1 Å². The molecule has 2 aromatic rings. The van der Waals surface area contributed by atoms with Gasteiger partial charge in [0.25, 0.3) is 5.91 Å². The summed E-state index contributed by atoms with van der Waals surface area (Å²) in [5, 5.41) is 11.5. The number of nitrogens with zero attached hydrogens (tertiary/aromatic N) is 3. The summed E-state index contributed by atoms with van der Waals surface area (Å²) in [6.07, 6.45) is -0.699. The molecular formula is C19H21N3O4S. The maximum atomic E-state index is 12.2. The number of hydrogen-bond donors (Lipinski definition) is 0. The number of thiazole rings is 1. The van der Waals surface area contributed by atoms with Crippen molar-refractivity contribution in [3.8, 4) is 11.8 Å².